The molecule has 2 fully saturated rings. The van der Waals surface area contributed by atoms with Crippen LogP contribution in [0.3, 0.4) is 0 Å². The number of likely N-dealkylation sites (tertiary alicyclic amines) is 1. The van der Waals surface area contributed by atoms with Crippen molar-refractivity contribution in [3.05, 3.63) is 12.2 Å². The first-order valence-electron chi connectivity index (χ1n) is 5.41. The second kappa shape index (κ2) is 2.93. The van der Waals surface area contributed by atoms with Crippen molar-refractivity contribution in [1.29, 1.82) is 0 Å². The number of hydrogen-bond acceptors (Lipinski definition) is 3. The normalized spacial score (nSPS) is 39.6. The van der Waals surface area contributed by atoms with Crippen LogP contribution in [-0.2, 0) is 14.4 Å². The molecule has 0 aromatic carbocycles. The fourth-order valence-electron chi connectivity index (χ4n) is 3.28. The van der Waals surface area contributed by atoms with Crippen molar-refractivity contribution >= 4 is 17.7 Å². The Morgan fingerprint density at radius 1 is 1.25 bits per heavy atom. The van der Waals surface area contributed by atoms with Gasteiger partial charge in [-0.15, -0.1) is 0 Å². The van der Waals surface area contributed by atoms with Crippen molar-refractivity contribution in [1.82, 2.24) is 4.90 Å². The summed E-state index contributed by atoms with van der Waals surface area (Å²) in [6.07, 6.45) is 4.94. The molecule has 2 unspecified atom stereocenters. The lowest BCUT2D eigenvalue weighted by molar-refractivity contribution is -0.143. The zero-order valence-corrected chi connectivity index (χ0v) is 8.63. The Hall–Kier alpha value is -1.65. The lowest BCUT2D eigenvalue weighted by Crippen LogP contribution is -2.39. The summed E-state index contributed by atoms with van der Waals surface area (Å²) < 4.78 is 0. The number of rotatable bonds is 2. The van der Waals surface area contributed by atoms with Crippen molar-refractivity contribution in [2.24, 2.45) is 29.4 Å². The molecule has 3 amide bonds. The first kappa shape index (κ1) is 9.57. The summed E-state index contributed by atoms with van der Waals surface area (Å²) >= 11 is 0. The van der Waals surface area contributed by atoms with E-state index in [0.29, 0.717) is 0 Å². The number of carbonyl (C=O) groups excluding carboxylic acids is 3. The van der Waals surface area contributed by atoms with Crippen LogP contribution in [0.15, 0.2) is 12.2 Å². The van der Waals surface area contributed by atoms with Gasteiger partial charge in [0, 0.05) is 0 Å². The number of primary amides is 1. The van der Waals surface area contributed by atoms with Gasteiger partial charge < -0.3 is 5.73 Å². The van der Waals surface area contributed by atoms with Crippen LogP contribution in [0.1, 0.15) is 6.42 Å². The van der Waals surface area contributed by atoms with Gasteiger partial charge in [0.15, 0.2) is 0 Å². The molecule has 1 heterocycles. The Morgan fingerprint density at radius 2 is 1.75 bits per heavy atom. The van der Waals surface area contributed by atoms with Crippen LogP contribution in [0.2, 0.25) is 0 Å². The monoisotopic (exact) mass is 220 g/mol. The van der Waals surface area contributed by atoms with Crippen LogP contribution in [0.5, 0.6) is 0 Å². The van der Waals surface area contributed by atoms with E-state index < -0.39 is 5.91 Å². The number of fused-ring (bicyclic) bond motifs is 5. The maximum Gasteiger partial charge on any atom is 0.237 e. The molecular weight excluding hydrogens is 208 g/mol. The molecule has 84 valence electrons. The lowest BCUT2D eigenvalue weighted by atomic mass is 9.85. The minimum absolute atomic E-state index is 0.185. The zero-order valence-electron chi connectivity index (χ0n) is 8.63. The summed E-state index contributed by atoms with van der Waals surface area (Å²) in [7, 11) is 0. The van der Waals surface area contributed by atoms with E-state index in [1.54, 1.807) is 0 Å². The van der Waals surface area contributed by atoms with Gasteiger partial charge in [-0.1, -0.05) is 12.2 Å². The number of nitrogens with two attached hydrogens (primary N) is 1. The number of allylic oxidation sites excluding steroid dienone is 2. The third-order valence-corrected chi connectivity index (χ3v) is 3.88. The molecule has 0 spiro atoms. The zero-order chi connectivity index (χ0) is 11.4. The van der Waals surface area contributed by atoms with Gasteiger partial charge in [0.25, 0.3) is 0 Å². The molecule has 3 rings (SSSR count). The predicted octanol–water partition coefficient (Wildman–Crippen LogP) is -0.721. The van der Waals surface area contributed by atoms with E-state index >= 15 is 0 Å². The summed E-state index contributed by atoms with van der Waals surface area (Å²) in [6.45, 7) is -0.274. The van der Waals surface area contributed by atoms with Gasteiger partial charge in [0.2, 0.25) is 17.7 Å². The van der Waals surface area contributed by atoms with Crippen LogP contribution < -0.4 is 5.73 Å². The molecule has 2 bridgehead atoms. The molecule has 0 radical (unpaired) electrons. The molecule has 1 saturated carbocycles. The molecule has 5 heteroatoms. The van der Waals surface area contributed by atoms with E-state index in [2.05, 4.69) is 0 Å². The highest BCUT2D eigenvalue weighted by Gasteiger charge is 2.59. The van der Waals surface area contributed by atoms with E-state index in [1.807, 2.05) is 12.2 Å². The van der Waals surface area contributed by atoms with E-state index in [1.165, 1.54) is 0 Å². The summed E-state index contributed by atoms with van der Waals surface area (Å²) in [5.41, 5.74) is 5.03. The molecule has 4 atom stereocenters. The minimum Gasteiger partial charge on any atom is -0.368 e. The third-order valence-electron chi connectivity index (χ3n) is 3.88. The molecule has 0 aromatic rings. The number of amides is 3. The summed E-state index contributed by atoms with van der Waals surface area (Å²) in [6, 6.07) is 0. The average molecular weight is 220 g/mol. The number of imide groups is 1. The van der Waals surface area contributed by atoms with Crippen molar-refractivity contribution in [2.75, 3.05) is 6.54 Å². The van der Waals surface area contributed by atoms with Crippen LogP contribution in [0.4, 0.5) is 0 Å². The van der Waals surface area contributed by atoms with Gasteiger partial charge >= 0.3 is 0 Å². The van der Waals surface area contributed by atoms with E-state index in [0.717, 1.165) is 11.3 Å². The molecule has 2 N–H and O–H groups in total. The fraction of sp³-hybridized carbons (Fsp3) is 0.545. The molecule has 3 aliphatic rings. The summed E-state index contributed by atoms with van der Waals surface area (Å²) in [5.74, 6) is -1.17. The van der Waals surface area contributed by atoms with Crippen LogP contribution >= 0.6 is 0 Å². The van der Waals surface area contributed by atoms with E-state index in [4.69, 9.17) is 5.73 Å². The maximum absolute atomic E-state index is 12.0. The highest BCUT2D eigenvalue weighted by Crippen LogP contribution is 2.52. The smallest absolute Gasteiger partial charge is 0.237 e. The van der Waals surface area contributed by atoms with Crippen molar-refractivity contribution in [3.8, 4) is 0 Å². The molecule has 5 nitrogen and oxygen atoms in total. The molecular formula is C11H12N2O3. The maximum atomic E-state index is 12.0. The first-order chi connectivity index (χ1) is 7.59. The van der Waals surface area contributed by atoms with Crippen molar-refractivity contribution in [2.45, 2.75) is 6.42 Å². The van der Waals surface area contributed by atoms with Crippen molar-refractivity contribution < 1.29 is 14.4 Å². The molecule has 2 aliphatic carbocycles. The first-order valence-corrected chi connectivity index (χ1v) is 5.41. The summed E-state index contributed by atoms with van der Waals surface area (Å²) in [4.78, 5) is 35.8. The highest BCUT2D eigenvalue weighted by atomic mass is 16.2. The van der Waals surface area contributed by atoms with Gasteiger partial charge in [0.05, 0.1) is 11.8 Å². The van der Waals surface area contributed by atoms with E-state index in [9.17, 15) is 14.4 Å². The minimum atomic E-state index is -0.637. The van der Waals surface area contributed by atoms with Gasteiger partial charge in [-0.3, -0.25) is 19.3 Å². The second-order valence-electron chi connectivity index (χ2n) is 4.73. The quantitative estimate of drug-likeness (QED) is 0.492. The fourth-order valence-corrected chi connectivity index (χ4v) is 3.28. The molecule has 1 aliphatic heterocycles. The molecule has 0 aromatic heterocycles. The SMILES string of the molecule is NC(=O)CN1C(=O)C2C(C1=O)[C@H]1C=C[C@@H]2C1. The number of carbonyl (C=O) groups is 3. The third kappa shape index (κ3) is 1.03. The second-order valence-corrected chi connectivity index (χ2v) is 4.73. The Kier molecular flexibility index (Phi) is 1.75. The number of nitrogens with zero attached hydrogens (tertiary/aromatic N) is 1. The van der Waals surface area contributed by atoms with Crippen molar-refractivity contribution in [3.63, 3.8) is 0 Å². The Morgan fingerprint density at radius 3 is 2.19 bits per heavy atom. The highest BCUT2D eigenvalue weighted by molar-refractivity contribution is 6.08. The Balaban J connectivity index is 1.91. The topological polar surface area (TPSA) is 80.5 Å². The average Bonchev–Trinajstić information content (AvgIpc) is 2.87. The molecule has 16 heavy (non-hydrogen) atoms. The van der Waals surface area contributed by atoms with Gasteiger partial charge in [-0.2, -0.15) is 0 Å². The van der Waals surface area contributed by atoms with Gasteiger partial charge in [-0.25, -0.2) is 0 Å². The van der Waals surface area contributed by atoms with Gasteiger partial charge in [-0.05, 0) is 18.3 Å². The van der Waals surface area contributed by atoms with E-state index in [-0.39, 0.29) is 42.0 Å². The Bertz CT molecular complexity index is 399. The molecule has 1 saturated heterocycles. The Labute approximate surface area is 92.3 Å². The largest absolute Gasteiger partial charge is 0.368 e. The van der Waals surface area contributed by atoms with Gasteiger partial charge in [0.1, 0.15) is 6.54 Å². The van der Waals surface area contributed by atoms with Crippen LogP contribution in [0.25, 0.3) is 0 Å². The summed E-state index contributed by atoms with van der Waals surface area (Å²) in [5, 5.41) is 0. The lowest BCUT2D eigenvalue weighted by Gasteiger charge is -2.14. The predicted molar refractivity (Wildman–Crippen MR) is 53.6 cm³/mol. The van der Waals surface area contributed by atoms with Crippen LogP contribution in [0, 0.1) is 23.7 Å². The number of hydrogen-bond donors (Lipinski definition) is 1. The standard InChI is InChI=1S/C11H12N2O3/c12-7(14)4-13-10(15)8-5-1-2-6(3-5)9(8)11(13)16/h1-2,5-6,8-9H,3-4H2,(H2,12,14)/t5-,6+,8?,9?. The van der Waals surface area contributed by atoms with Crippen LogP contribution in [-0.4, -0.2) is 29.2 Å².